The molecule has 1 atom stereocenters. The number of rotatable bonds is 3. The smallest absolute Gasteiger partial charge is 0.0430 e. The van der Waals surface area contributed by atoms with Crippen molar-refractivity contribution in [1.82, 2.24) is 0 Å². The van der Waals surface area contributed by atoms with Crippen LogP contribution in [0.15, 0.2) is 41.8 Å². The van der Waals surface area contributed by atoms with E-state index in [9.17, 15) is 0 Å². The summed E-state index contributed by atoms with van der Waals surface area (Å²) < 4.78 is 0. The average Bonchev–Trinajstić information content (AvgIpc) is 2.74. The van der Waals surface area contributed by atoms with Gasteiger partial charge in [0.05, 0.1) is 0 Å². The van der Waals surface area contributed by atoms with Crippen LogP contribution in [0, 0.1) is 6.92 Å². The lowest BCUT2D eigenvalue weighted by atomic mass is 10.0. The molecular weight excluding hydrogens is 202 g/mol. The minimum absolute atomic E-state index is 0.131. The topological polar surface area (TPSA) is 26.0 Å². The van der Waals surface area contributed by atoms with Crippen molar-refractivity contribution in [3.05, 3.63) is 57.8 Å². The monoisotopic (exact) mass is 217 g/mol. The van der Waals surface area contributed by atoms with E-state index in [1.165, 1.54) is 16.0 Å². The van der Waals surface area contributed by atoms with Gasteiger partial charge in [-0.3, -0.25) is 0 Å². The zero-order valence-electron chi connectivity index (χ0n) is 8.81. The lowest BCUT2D eigenvalue weighted by molar-refractivity contribution is 0.733. The molecule has 0 saturated heterocycles. The van der Waals surface area contributed by atoms with Crippen LogP contribution >= 0.6 is 11.3 Å². The Morgan fingerprint density at radius 3 is 2.67 bits per heavy atom. The Balaban J connectivity index is 2.13. The van der Waals surface area contributed by atoms with Crippen molar-refractivity contribution in [3.8, 4) is 0 Å². The van der Waals surface area contributed by atoms with E-state index in [1.807, 2.05) is 0 Å². The molecule has 0 aliphatic rings. The van der Waals surface area contributed by atoms with Crippen molar-refractivity contribution in [2.75, 3.05) is 0 Å². The molecule has 2 rings (SSSR count). The Labute approximate surface area is 94.6 Å². The van der Waals surface area contributed by atoms with Gasteiger partial charge in [0.15, 0.2) is 0 Å². The van der Waals surface area contributed by atoms with Crippen LogP contribution in [0.4, 0.5) is 0 Å². The quantitative estimate of drug-likeness (QED) is 0.838. The third-order valence-corrected chi connectivity index (χ3v) is 3.61. The second kappa shape index (κ2) is 4.60. The summed E-state index contributed by atoms with van der Waals surface area (Å²) in [6, 6.07) is 12.7. The summed E-state index contributed by atoms with van der Waals surface area (Å²) in [7, 11) is 0. The van der Waals surface area contributed by atoms with Gasteiger partial charge in [-0.1, -0.05) is 30.3 Å². The molecule has 0 bridgehead atoms. The molecule has 2 aromatic rings. The standard InChI is InChI=1S/C13H15NS/c1-10-5-2-3-6-11(10)9-12(14)13-7-4-8-15-13/h2-8,12H,9,14H2,1H3. The first-order valence-electron chi connectivity index (χ1n) is 5.11. The van der Waals surface area contributed by atoms with E-state index in [0.29, 0.717) is 0 Å². The largest absolute Gasteiger partial charge is 0.323 e. The maximum Gasteiger partial charge on any atom is 0.0430 e. The lowest BCUT2D eigenvalue weighted by Gasteiger charge is -2.11. The van der Waals surface area contributed by atoms with Crippen LogP contribution < -0.4 is 5.73 Å². The molecule has 78 valence electrons. The molecule has 15 heavy (non-hydrogen) atoms. The number of aryl methyl sites for hydroxylation is 1. The molecule has 0 aliphatic carbocycles. The van der Waals surface area contributed by atoms with E-state index >= 15 is 0 Å². The SMILES string of the molecule is Cc1ccccc1CC(N)c1cccs1. The maximum absolute atomic E-state index is 6.15. The second-order valence-corrected chi connectivity index (χ2v) is 4.73. The number of thiophene rings is 1. The molecule has 0 saturated carbocycles. The van der Waals surface area contributed by atoms with Crippen LogP contribution in [0.1, 0.15) is 22.0 Å². The number of hydrogen-bond acceptors (Lipinski definition) is 2. The summed E-state index contributed by atoms with van der Waals surface area (Å²) in [5, 5.41) is 2.08. The van der Waals surface area contributed by atoms with Crippen LogP contribution in [0.3, 0.4) is 0 Å². The first-order chi connectivity index (χ1) is 7.27. The van der Waals surface area contributed by atoms with Gasteiger partial charge in [0.2, 0.25) is 0 Å². The molecule has 0 fully saturated rings. The van der Waals surface area contributed by atoms with E-state index in [-0.39, 0.29) is 6.04 Å². The summed E-state index contributed by atoms with van der Waals surface area (Å²) in [4.78, 5) is 1.26. The molecule has 1 aromatic carbocycles. The van der Waals surface area contributed by atoms with E-state index in [4.69, 9.17) is 5.73 Å². The van der Waals surface area contributed by atoms with Crippen LogP contribution in [-0.2, 0) is 6.42 Å². The van der Waals surface area contributed by atoms with Crippen molar-refractivity contribution in [3.63, 3.8) is 0 Å². The van der Waals surface area contributed by atoms with Crippen molar-refractivity contribution in [2.24, 2.45) is 5.73 Å². The van der Waals surface area contributed by atoms with Gasteiger partial charge in [0.25, 0.3) is 0 Å². The highest BCUT2D eigenvalue weighted by Gasteiger charge is 2.08. The van der Waals surface area contributed by atoms with Gasteiger partial charge >= 0.3 is 0 Å². The van der Waals surface area contributed by atoms with Crippen LogP contribution in [0.5, 0.6) is 0 Å². The predicted molar refractivity (Wildman–Crippen MR) is 66.1 cm³/mol. The predicted octanol–water partition coefficient (Wildman–Crippen LogP) is 3.30. The molecule has 0 amide bonds. The Morgan fingerprint density at radius 1 is 1.20 bits per heavy atom. The van der Waals surface area contributed by atoms with E-state index < -0.39 is 0 Å². The van der Waals surface area contributed by atoms with Crippen molar-refractivity contribution in [2.45, 2.75) is 19.4 Å². The molecule has 1 aromatic heterocycles. The molecule has 1 unspecified atom stereocenters. The second-order valence-electron chi connectivity index (χ2n) is 3.75. The van der Waals surface area contributed by atoms with Gasteiger partial charge in [0.1, 0.15) is 0 Å². The molecule has 1 heterocycles. The highest BCUT2D eigenvalue weighted by atomic mass is 32.1. The number of benzene rings is 1. The number of nitrogens with two attached hydrogens (primary N) is 1. The van der Waals surface area contributed by atoms with Crippen LogP contribution in [0.2, 0.25) is 0 Å². The minimum atomic E-state index is 0.131. The zero-order valence-corrected chi connectivity index (χ0v) is 9.63. The summed E-state index contributed by atoms with van der Waals surface area (Å²) in [5.41, 5.74) is 8.82. The Bertz CT molecular complexity index is 420. The highest BCUT2D eigenvalue weighted by Crippen LogP contribution is 2.21. The fourth-order valence-corrected chi connectivity index (χ4v) is 2.41. The Morgan fingerprint density at radius 2 is 2.00 bits per heavy atom. The van der Waals surface area contributed by atoms with E-state index in [1.54, 1.807) is 11.3 Å². The van der Waals surface area contributed by atoms with Gasteiger partial charge in [-0.25, -0.2) is 0 Å². The van der Waals surface area contributed by atoms with Gasteiger partial charge in [-0.05, 0) is 35.9 Å². The van der Waals surface area contributed by atoms with E-state index in [2.05, 4.69) is 48.7 Å². The van der Waals surface area contributed by atoms with Crippen LogP contribution in [0.25, 0.3) is 0 Å². The molecule has 0 radical (unpaired) electrons. The summed E-state index contributed by atoms with van der Waals surface area (Å²) in [5.74, 6) is 0. The zero-order chi connectivity index (χ0) is 10.7. The Kier molecular flexibility index (Phi) is 3.19. The molecular formula is C13H15NS. The summed E-state index contributed by atoms with van der Waals surface area (Å²) in [6.45, 7) is 2.14. The minimum Gasteiger partial charge on any atom is -0.323 e. The van der Waals surface area contributed by atoms with Gasteiger partial charge < -0.3 is 5.73 Å². The fourth-order valence-electron chi connectivity index (χ4n) is 1.68. The fraction of sp³-hybridized carbons (Fsp3) is 0.231. The highest BCUT2D eigenvalue weighted by molar-refractivity contribution is 7.10. The maximum atomic E-state index is 6.15. The normalized spacial score (nSPS) is 12.7. The molecule has 1 nitrogen and oxygen atoms in total. The van der Waals surface area contributed by atoms with Gasteiger partial charge in [-0.15, -0.1) is 11.3 Å². The van der Waals surface area contributed by atoms with Crippen LogP contribution in [-0.4, -0.2) is 0 Å². The molecule has 0 spiro atoms. The van der Waals surface area contributed by atoms with Gasteiger partial charge in [-0.2, -0.15) is 0 Å². The van der Waals surface area contributed by atoms with Crippen molar-refractivity contribution in [1.29, 1.82) is 0 Å². The first kappa shape index (κ1) is 10.4. The molecule has 2 N–H and O–H groups in total. The summed E-state index contributed by atoms with van der Waals surface area (Å²) >= 11 is 1.73. The lowest BCUT2D eigenvalue weighted by Crippen LogP contribution is -2.12. The third kappa shape index (κ3) is 2.46. The molecule has 2 heteroatoms. The van der Waals surface area contributed by atoms with Gasteiger partial charge in [0, 0.05) is 10.9 Å². The first-order valence-corrected chi connectivity index (χ1v) is 5.99. The van der Waals surface area contributed by atoms with Crippen molar-refractivity contribution < 1.29 is 0 Å². The molecule has 0 aliphatic heterocycles. The average molecular weight is 217 g/mol. The van der Waals surface area contributed by atoms with E-state index in [0.717, 1.165) is 6.42 Å². The third-order valence-electron chi connectivity index (χ3n) is 2.61. The van der Waals surface area contributed by atoms with Crippen molar-refractivity contribution >= 4 is 11.3 Å². The number of hydrogen-bond donors (Lipinski definition) is 1. The summed E-state index contributed by atoms with van der Waals surface area (Å²) in [6.07, 6.45) is 0.924. The Hall–Kier alpha value is -1.12.